The van der Waals surface area contributed by atoms with Gasteiger partial charge in [0.25, 0.3) is 0 Å². The fourth-order valence-electron chi connectivity index (χ4n) is 2.02. The highest BCUT2D eigenvalue weighted by Gasteiger charge is 2.19. The standard InChI is InChI=1S/C16H16ClFO2S/c1-19-14-8-12(13(18)9-15(14)20-2)16(17)10-4-6-11(21-3)7-5-10/h4-9,16H,1-3H3. The number of hydrogen-bond donors (Lipinski definition) is 0. The second kappa shape index (κ2) is 7.05. The van der Waals surface area contributed by atoms with Crippen LogP contribution in [0.25, 0.3) is 0 Å². The molecular formula is C16H16ClFO2S. The largest absolute Gasteiger partial charge is 0.493 e. The Balaban J connectivity index is 2.39. The summed E-state index contributed by atoms with van der Waals surface area (Å²) in [6.07, 6.45) is 2.00. The Morgan fingerprint density at radius 1 is 1.05 bits per heavy atom. The van der Waals surface area contributed by atoms with Crippen LogP contribution in [0.3, 0.4) is 0 Å². The van der Waals surface area contributed by atoms with Crippen LogP contribution < -0.4 is 9.47 Å². The van der Waals surface area contributed by atoms with Crippen LogP contribution in [-0.4, -0.2) is 20.5 Å². The van der Waals surface area contributed by atoms with Gasteiger partial charge in [-0.1, -0.05) is 12.1 Å². The first-order valence-electron chi connectivity index (χ1n) is 6.30. The average Bonchev–Trinajstić information content (AvgIpc) is 2.54. The zero-order valence-electron chi connectivity index (χ0n) is 12.0. The van der Waals surface area contributed by atoms with E-state index in [9.17, 15) is 4.39 Å². The van der Waals surface area contributed by atoms with Gasteiger partial charge < -0.3 is 9.47 Å². The minimum absolute atomic E-state index is 0.348. The predicted octanol–water partition coefficient (Wildman–Crippen LogP) is 4.89. The number of ether oxygens (including phenoxy) is 2. The molecule has 5 heteroatoms. The molecule has 21 heavy (non-hydrogen) atoms. The number of hydrogen-bond acceptors (Lipinski definition) is 3. The molecule has 0 aliphatic heterocycles. The normalized spacial score (nSPS) is 12.0. The van der Waals surface area contributed by atoms with Crippen LogP contribution in [0.1, 0.15) is 16.5 Å². The Labute approximate surface area is 133 Å². The third-order valence-electron chi connectivity index (χ3n) is 3.18. The van der Waals surface area contributed by atoms with E-state index in [1.54, 1.807) is 17.8 Å². The lowest BCUT2D eigenvalue weighted by Gasteiger charge is -2.15. The zero-order valence-corrected chi connectivity index (χ0v) is 13.6. The first kappa shape index (κ1) is 16.0. The Kier molecular flexibility index (Phi) is 5.37. The van der Waals surface area contributed by atoms with Crippen LogP contribution in [0.5, 0.6) is 11.5 Å². The van der Waals surface area contributed by atoms with E-state index < -0.39 is 11.2 Å². The number of thioether (sulfide) groups is 1. The highest BCUT2D eigenvalue weighted by atomic mass is 35.5. The molecule has 0 fully saturated rings. The highest BCUT2D eigenvalue weighted by molar-refractivity contribution is 7.98. The summed E-state index contributed by atoms with van der Waals surface area (Å²) >= 11 is 8.06. The molecule has 0 aliphatic rings. The molecule has 0 saturated heterocycles. The van der Waals surface area contributed by atoms with Crippen molar-refractivity contribution in [3.8, 4) is 11.5 Å². The maximum absolute atomic E-state index is 14.2. The molecule has 112 valence electrons. The van der Waals surface area contributed by atoms with Crippen LogP contribution in [0.2, 0.25) is 0 Å². The van der Waals surface area contributed by atoms with E-state index in [4.69, 9.17) is 21.1 Å². The SMILES string of the molecule is COc1cc(F)c(C(Cl)c2ccc(SC)cc2)cc1OC. The van der Waals surface area contributed by atoms with Crippen molar-refractivity contribution in [2.45, 2.75) is 10.3 Å². The van der Waals surface area contributed by atoms with E-state index in [1.165, 1.54) is 20.3 Å². The van der Waals surface area contributed by atoms with Gasteiger partial charge in [-0.25, -0.2) is 4.39 Å². The van der Waals surface area contributed by atoms with Crippen LogP contribution >= 0.6 is 23.4 Å². The van der Waals surface area contributed by atoms with Gasteiger partial charge in [-0.05, 0) is 30.0 Å². The molecular weight excluding hydrogens is 311 g/mol. The molecule has 0 aliphatic carbocycles. The van der Waals surface area contributed by atoms with Gasteiger partial charge in [-0.2, -0.15) is 0 Å². The van der Waals surface area contributed by atoms with E-state index in [-0.39, 0.29) is 0 Å². The van der Waals surface area contributed by atoms with Crippen LogP contribution in [0.15, 0.2) is 41.3 Å². The minimum atomic E-state index is -0.583. The van der Waals surface area contributed by atoms with E-state index in [2.05, 4.69) is 0 Å². The molecule has 2 nitrogen and oxygen atoms in total. The van der Waals surface area contributed by atoms with Crippen molar-refractivity contribution in [2.24, 2.45) is 0 Å². The van der Waals surface area contributed by atoms with Crippen LogP contribution in [0, 0.1) is 5.82 Å². The van der Waals surface area contributed by atoms with Crippen molar-refractivity contribution in [1.82, 2.24) is 0 Å². The summed E-state index contributed by atoms with van der Waals surface area (Å²) in [6.45, 7) is 0. The first-order chi connectivity index (χ1) is 10.1. The summed E-state index contributed by atoms with van der Waals surface area (Å²) < 4.78 is 24.5. The molecule has 0 heterocycles. The lowest BCUT2D eigenvalue weighted by atomic mass is 10.0. The Morgan fingerprint density at radius 3 is 2.14 bits per heavy atom. The fraction of sp³-hybridized carbons (Fsp3) is 0.250. The first-order valence-corrected chi connectivity index (χ1v) is 7.96. The topological polar surface area (TPSA) is 18.5 Å². The molecule has 0 bridgehead atoms. The minimum Gasteiger partial charge on any atom is -0.493 e. The fourth-order valence-corrected chi connectivity index (χ4v) is 2.74. The van der Waals surface area contributed by atoms with E-state index >= 15 is 0 Å². The molecule has 2 aromatic carbocycles. The second-order valence-corrected chi connectivity index (χ2v) is 5.68. The van der Waals surface area contributed by atoms with E-state index in [0.29, 0.717) is 17.1 Å². The number of rotatable bonds is 5. The molecule has 0 radical (unpaired) electrons. The number of methoxy groups -OCH3 is 2. The summed E-state index contributed by atoms with van der Waals surface area (Å²) in [5.74, 6) is 0.391. The third kappa shape index (κ3) is 3.44. The maximum atomic E-state index is 14.2. The lowest BCUT2D eigenvalue weighted by molar-refractivity contribution is 0.351. The molecule has 0 saturated carbocycles. The summed E-state index contributed by atoms with van der Waals surface area (Å²) in [5.41, 5.74) is 1.20. The number of benzene rings is 2. The predicted molar refractivity (Wildman–Crippen MR) is 85.4 cm³/mol. The summed E-state index contributed by atoms with van der Waals surface area (Å²) in [4.78, 5) is 1.13. The van der Waals surface area contributed by atoms with Crippen molar-refractivity contribution in [3.63, 3.8) is 0 Å². The van der Waals surface area contributed by atoms with Crippen LogP contribution in [0.4, 0.5) is 4.39 Å². The molecule has 0 amide bonds. The molecule has 1 atom stereocenters. The third-order valence-corrected chi connectivity index (χ3v) is 4.42. The molecule has 0 spiro atoms. The van der Waals surface area contributed by atoms with Gasteiger partial charge in [-0.15, -0.1) is 23.4 Å². The Hall–Kier alpha value is -1.39. The van der Waals surface area contributed by atoms with Crippen molar-refractivity contribution >= 4 is 23.4 Å². The number of alkyl halides is 1. The van der Waals surface area contributed by atoms with Crippen molar-refractivity contribution in [2.75, 3.05) is 20.5 Å². The summed E-state index contributed by atoms with van der Waals surface area (Å²) in [5, 5.41) is -0.583. The summed E-state index contributed by atoms with van der Waals surface area (Å²) in [6, 6.07) is 10.6. The second-order valence-electron chi connectivity index (χ2n) is 4.36. The van der Waals surface area contributed by atoms with Gasteiger partial charge in [0.15, 0.2) is 11.5 Å². The molecule has 1 unspecified atom stereocenters. The lowest BCUT2D eigenvalue weighted by Crippen LogP contribution is -2.00. The van der Waals surface area contributed by atoms with Crippen molar-refractivity contribution in [3.05, 3.63) is 53.3 Å². The van der Waals surface area contributed by atoms with Gasteiger partial charge in [-0.3, -0.25) is 0 Å². The van der Waals surface area contributed by atoms with E-state index in [0.717, 1.165) is 10.5 Å². The van der Waals surface area contributed by atoms with Gasteiger partial charge >= 0.3 is 0 Å². The van der Waals surface area contributed by atoms with Crippen molar-refractivity contribution in [1.29, 1.82) is 0 Å². The summed E-state index contributed by atoms with van der Waals surface area (Å²) in [7, 11) is 2.98. The zero-order chi connectivity index (χ0) is 15.4. The Bertz CT molecular complexity index is 616. The van der Waals surface area contributed by atoms with Gasteiger partial charge in [0.2, 0.25) is 0 Å². The van der Waals surface area contributed by atoms with Crippen molar-refractivity contribution < 1.29 is 13.9 Å². The highest BCUT2D eigenvalue weighted by Crippen LogP contribution is 2.37. The number of halogens is 2. The van der Waals surface area contributed by atoms with Crippen LogP contribution in [-0.2, 0) is 0 Å². The maximum Gasteiger partial charge on any atom is 0.163 e. The molecule has 0 N–H and O–H groups in total. The molecule has 2 rings (SSSR count). The van der Waals surface area contributed by atoms with Gasteiger partial charge in [0.1, 0.15) is 5.82 Å². The monoisotopic (exact) mass is 326 g/mol. The molecule has 0 aromatic heterocycles. The van der Waals surface area contributed by atoms with E-state index in [1.807, 2.05) is 30.5 Å². The van der Waals surface area contributed by atoms with Gasteiger partial charge in [0.05, 0.1) is 19.6 Å². The van der Waals surface area contributed by atoms with Gasteiger partial charge in [0, 0.05) is 16.5 Å². The molecule has 2 aromatic rings. The Morgan fingerprint density at radius 2 is 1.62 bits per heavy atom. The quantitative estimate of drug-likeness (QED) is 0.575. The smallest absolute Gasteiger partial charge is 0.163 e. The average molecular weight is 327 g/mol.